The monoisotopic (exact) mass is 356 g/mol. The molecule has 0 aliphatic rings. The molecule has 0 amide bonds. The van der Waals surface area contributed by atoms with Crippen molar-refractivity contribution >= 4 is 17.7 Å². The second-order valence-electron chi connectivity index (χ2n) is 6.80. The molecule has 0 spiro atoms. The van der Waals surface area contributed by atoms with Gasteiger partial charge in [0.2, 0.25) is 0 Å². The molecule has 0 bridgehead atoms. The largest absolute Gasteiger partial charge is 0.459 e. The fourth-order valence-corrected chi connectivity index (χ4v) is 3.42. The number of ether oxygens (including phenoxy) is 1. The van der Waals surface area contributed by atoms with Gasteiger partial charge in [0.1, 0.15) is 0 Å². The van der Waals surface area contributed by atoms with Crippen molar-refractivity contribution in [2.75, 3.05) is 0 Å². The number of hydrogen-bond acceptors (Lipinski definition) is 3. The lowest BCUT2D eigenvalue weighted by Crippen LogP contribution is -2.11. The van der Waals surface area contributed by atoms with Gasteiger partial charge in [-0.25, -0.2) is 4.79 Å². The summed E-state index contributed by atoms with van der Waals surface area (Å²) in [5.74, 6) is 0.810. The van der Waals surface area contributed by atoms with E-state index in [0.29, 0.717) is 10.8 Å². The van der Waals surface area contributed by atoms with Gasteiger partial charge in [0.25, 0.3) is 0 Å². The molecule has 0 heterocycles. The Labute approximate surface area is 156 Å². The van der Waals surface area contributed by atoms with E-state index in [9.17, 15) is 4.79 Å². The van der Waals surface area contributed by atoms with Crippen LogP contribution in [0.25, 0.3) is 0 Å². The highest BCUT2D eigenvalue weighted by molar-refractivity contribution is 7.99. The molecule has 1 atom stereocenters. The van der Waals surface area contributed by atoms with Gasteiger partial charge in [-0.05, 0) is 56.9 Å². The van der Waals surface area contributed by atoms with E-state index in [1.165, 1.54) is 16.7 Å². The molecule has 0 aliphatic carbocycles. The van der Waals surface area contributed by atoms with Crippen LogP contribution in [0, 0.1) is 6.92 Å². The molecule has 134 valence electrons. The highest BCUT2D eigenvalue weighted by atomic mass is 32.2. The van der Waals surface area contributed by atoms with Crippen LogP contribution in [0.2, 0.25) is 0 Å². The van der Waals surface area contributed by atoms with E-state index in [0.717, 1.165) is 18.6 Å². The summed E-state index contributed by atoms with van der Waals surface area (Å²) >= 11 is 2.00. The zero-order chi connectivity index (χ0) is 18.2. The van der Waals surface area contributed by atoms with Crippen molar-refractivity contribution in [3.05, 3.63) is 70.8 Å². The summed E-state index contributed by atoms with van der Waals surface area (Å²) in [5.41, 5.74) is 4.58. The number of rotatable bonds is 8. The number of benzene rings is 2. The van der Waals surface area contributed by atoms with Gasteiger partial charge >= 0.3 is 5.97 Å². The van der Waals surface area contributed by atoms with Gasteiger partial charge in [0, 0.05) is 11.0 Å². The van der Waals surface area contributed by atoms with Crippen molar-refractivity contribution in [3.8, 4) is 0 Å². The molecule has 0 saturated heterocycles. The van der Waals surface area contributed by atoms with Gasteiger partial charge in [-0.2, -0.15) is 11.8 Å². The molecule has 3 heteroatoms. The van der Waals surface area contributed by atoms with Crippen LogP contribution >= 0.6 is 11.8 Å². The normalized spacial score (nSPS) is 12.2. The van der Waals surface area contributed by atoms with Crippen LogP contribution in [-0.2, 0) is 16.9 Å². The van der Waals surface area contributed by atoms with E-state index in [1.807, 2.05) is 49.9 Å². The predicted molar refractivity (Wildman–Crippen MR) is 107 cm³/mol. The first-order valence-corrected chi connectivity index (χ1v) is 9.96. The number of aryl methyl sites for hydroxylation is 2. The topological polar surface area (TPSA) is 26.3 Å². The summed E-state index contributed by atoms with van der Waals surface area (Å²) < 4.78 is 5.21. The van der Waals surface area contributed by atoms with Gasteiger partial charge in [0.05, 0.1) is 11.7 Å². The van der Waals surface area contributed by atoms with Crippen molar-refractivity contribution in [2.45, 2.75) is 57.6 Å². The summed E-state index contributed by atoms with van der Waals surface area (Å²) in [6.45, 7) is 8.13. The number of esters is 1. The quantitative estimate of drug-likeness (QED) is 0.558. The second-order valence-corrected chi connectivity index (χ2v) is 8.22. The third-order valence-electron chi connectivity index (χ3n) is 4.03. The standard InChI is InChI=1S/C22H28O2S/c1-16(2)24-22(23)21-13-11-19(12-14-21)10-7-18(4)25-15-20-8-5-17(3)6-9-20/h5-6,8-9,11-14,16,18H,7,10,15H2,1-4H3. The van der Waals surface area contributed by atoms with Crippen LogP contribution in [0.15, 0.2) is 48.5 Å². The van der Waals surface area contributed by atoms with Crippen molar-refractivity contribution in [2.24, 2.45) is 0 Å². The van der Waals surface area contributed by atoms with Gasteiger partial charge in [0.15, 0.2) is 0 Å². The summed E-state index contributed by atoms with van der Waals surface area (Å²) in [7, 11) is 0. The zero-order valence-corrected chi connectivity index (χ0v) is 16.4. The molecule has 0 aromatic heterocycles. The molecule has 1 unspecified atom stereocenters. The second kappa shape index (κ2) is 9.67. The van der Waals surface area contributed by atoms with Gasteiger partial charge in [-0.1, -0.05) is 48.9 Å². The maximum Gasteiger partial charge on any atom is 0.338 e. The van der Waals surface area contributed by atoms with E-state index < -0.39 is 0 Å². The van der Waals surface area contributed by atoms with E-state index in [2.05, 4.69) is 38.1 Å². The maximum atomic E-state index is 11.8. The highest BCUT2D eigenvalue weighted by Crippen LogP contribution is 2.22. The van der Waals surface area contributed by atoms with Crippen LogP contribution in [0.5, 0.6) is 0 Å². The fourth-order valence-electron chi connectivity index (χ4n) is 2.47. The molecule has 25 heavy (non-hydrogen) atoms. The lowest BCUT2D eigenvalue weighted by molar-refractivity contribution is 0.0378. The Kier molecular flexibility index (Phi) is 7.57. The fraction of sp³-hybridized carbons (Fsp3) is 0.409. The highest BCUT2D eigenvalue weighted by Gasteiger charge is 2.09. The Morgan fingerprint density at radius 3 is 2.16 bits per heavy atom. The lowest BCUT2D eigenvalue weighted by Gasteiger charge is -2.12. The summed E-state index contributed by atoms with van der Waals surface area (Å²) in [6, 6.07) is 16.6. The molecular formula is C22H28O2S. The number of carbonyl (C=O) groups excluding carboxylic acids is 1. The van der Waals surface area contributed by atoms with Gasteiger partial charge in [-0.15, -0.1) is 0 Å². The summed E-state index contributed by atoms with van der Waals surface area (Å²) in [6.07, 6.45) is 2.08. The van der Waals surface area contributed by atoms with Gasteiger partial charge < -0.3 is 4.74 Å². The van der Waals surface area contributed by atoms with E-state index >= 15 is 0 Å². The Morgan fingerprint density at radius 1 is 0.960 bits per heavy atom. The number of thioether (sulfide) groups is 1. The molecule has 0 radical (unpaired) electrons. The van der Waals surface area contributed by atoms with Crippen LogP contribution < -0.4 is 0 Å². The van der Waals surface area contributed by atoms with Crippen LogP contribution in [0.4, 0.5) is 0 Å². The van der Waals surface area contributed by atoms with E-state index in [4.69, 9.17) is 4.74 Å². The van der Waals surface area contributed by atoms with Gasteiger partial charge in [-0.3, -0.25) is 0 Å². The van der Waals surface area contributed by atoms with Crippen LogP contribution in [-0.4, -0.2) is 17.3 Å². The third-order valence-corrected chi connectivity index (χ3v) is 5.33. The molecule has 0 saturated carbocycles. The Balaban J connectivity index is 1.76. The average Bonchev–Trinajstić information content (AvgIpc) is 2.59. The molecule has 0 aliphatic heterocycles. The Bertz CT molecular complexity index is 659. The molecule has 0 fully saturated rings. The van der Waals surface area contributed by atoms with Crippen molar-refractivity contribution in [1.29, 1.82) is 0 Å². The molecule has 2 aromatic carbocycles. The summed E-state index contributed by atoms with van der Waals surface area (Å²) in [4.78, 5) is 11.8. The van der Waals surface area contributed by atoms with Crippen LogP contribution in [0.1, 0.15) is 54.2 Å². The molecule has 2 aromatic rings. The third kappa shape index (κ3) is 6.95. The molecule has 2 nitrogen and oxygen atoms in total. The Hall–Kier alpha value is -1.74. The van der Waals surface area contributed by atoms with E-state index in [-0.39, 0.29) is 12.1 Å². The van der Waals surface area contributed by atoms with Crippen LogP contribution in [0.3, 0.4) is 0 Å². The smallest absolute Gasteiger partial charge is 0.338 e. The van der Waals surface area contributed by atoms with Crippen molar-refractivity contribution in [1.82, 2.24) is 0 Å². The van der Waals surface area contributed by atoms with Crippen molar-refractivity contribution < 1.29 is 9.53 Å². The van der Waals surface area contributed by atoms with Crippen molar-refractivity contribution in [3.63, 3.8) is 0 Å². The molecule has 2 rings (SSSR count). The summed E-state index contributed by atoms with van der Waals surface area (Å²) in [5, 5.41) is 0.604. The Morgan fingerprint density at radius 2 is 1.56 bits per heavy atom. The minimum absolute atomic E-state index is 0.0846. The minimum Gasteiger partial charge on any atom is -0.459 e. The lowest BCUT2D eigenvalue weighted by atomic mass is 10.1. The number of hydrogen-bond donors (Lipinski definition) is 0. The average molecular weight is 357 g/mol. The first-order valence-electron chi connectivity index (χ1n) is 8.91. The minimum atomic E-state index is -0.247. The molecular weight excluding hydrogens is 328 g/mol. The maximum absolute atomic E-state index is 11.8. The predicted octanol–water partition coefficient (Wildman–Crippen LogP) is 5.81. The van der Waals surface area contributed by atoms with E-state index in [1.54, 1.807) is 0 Å². The zero-order valence-electron chi connectivity index (χ0n) is 15.6. The number of carbonyl (C=O) groups is 1. The first-order chi connectivity index (χ1) is 11.9. The SMILES string of the molecule is Cc1ccc(CSC(C)CCc2ccc(C(=O)OC(C)C)cc2)cc1. The first kappa shape index (κ1) is 19.6. The molecule has 0 N–H and O–H groups in total.